The number of aryl methyl sites for hydroxylation is 1. The lowest BCUT2D eigenvalue weighted by Crippen LogP contribution is -2.12. The Labute approximate surface area is 135 Å². The molecule has 3 heterocycles. The molecule has 23 heavy (non-hydrogen) atoms. The first-order valence-corrected chi connectivity index (χ1v) is 7.85. The fraction of sp³-hybridized carbons (Fsp3) is 0.0625. The number of carbonyl (C=O) groups is 1. The van der Waals surface area contributed by atoms with E-state index in [1.807, 2.05) is 30.3 Å². The van der Waals surface area contributed by atoms with E-state index in [0.29, 0.717) is 17.3 Å². The summed E-state index contributed by atoms with van der Waals surface area (Å²) in [5.74, 6) is 0.710. The van der Waals surface area contributed by atoms with E-state index >= 15 is 0 Å². The van der Waals surface area contributed by atoms with Crippen LogP contribution in [0.25, 0.3) is 21.6 Å². The van der Waals surface area contributed by atoms with Crippen molar-refractivity contribution in [2.45, 2.75) is 6.92 Å². The van der Waals surface area contributed by atoms with Gasteiger partial charge in [0, 0.05) is 22.3 Å². The monoisotopic (exact) mass is 324 g/mol. The van der Waals surface area contributed by atoms with Crippen molar-refractivity contribution in [3.8, 4) is 10.7 Å². The number of aromatic amines is 1. The zero-order valence-electron chi connectivity index (χ0n) is 12.2. The number of nitrogens with one attached hydrogen (secondary N) is 2. The van der Waals surface area contributed by atoms with E-state index < -0.39 is 0 Å². The predicted molar refractivity (Wildman–Crippen MR) is 88.6 cm³/mol. The highest BCUT2D eigenvalue weighted by atomic mass is 32.1. The summed E-state index contributed by atoms with van der Waals surface area (Å²) in [6.45, 7) is 1.76. The van der Waals surface area contributed by atoms with E-state index in [0.717, 1.165) is 21.6 Å². The molecule has 0 aliphatic rings. The lowest BCUT2D eigenvalue weighted by atomic mass is 10.2. The number of aromatic nitrogens is 3. The molecule has 1 aromatic carbocycles. The molecule has 0 atom stereocenters. The minimum Gasteiger partial charge on any atom is -0.360 e. The van der Waals surface area contributed by atoms with Gasteiger partial charge in [0.25, 0.3) is 5.91 Å². The molecule has 2 N–H and O–H groups in total. The second-order valence-electron chi connectivity index (χ2n) is 5.09. The fourth-order valence-corrected chi connectivity index (χ4v) is 3.07. The molecule has 4 aromatic rings. The molecule has 0 bridgehead atoms. The van der Waals surface area contributed by atoms with Gasteiger partial charge in [-0.1, -0.05) is 23.4 Å². The summed E-state index contributed by atoms with van der Waals surface area (Å²) in [7, 11) is 0. The Morgan fingerprint density at radius 1 is 1.30 bits per heavy atom. The minimum atomic E-state index is -0.308. The molecule has 4 rings (SSSR count). The molecule has 6 nitrogen and oxygen atoms in total. The van der Waals surface area contributed by atoms with E-state index in [2.05, 4.69) is 20.4 Å². The number of benzene rings is 1. The normalized spacial score (nSPS) is 11.0. The van der Waals surface area contributed by atoms with Gasteiger partial charge >= 0.3 is 0 Å². The predicted octanol–water partition coefficient (Wildman–Crippen LogP) is 3.84. The molecule has 3 aromatic heterocycles. The number of anilines is 1. The third-order valence-corrected chi connectivity index (χ3v) is 4.24. The van der Waals surface area contributed by atoms with Crippen LogP contribution in [0.2, 0.25) is 0 Å². The van der Waals surface area contributed by atoms with Gasteiger partial charge in [-0.05, 0) is 19.1 Å². The topological polar surface area (TPSA) is 83.8 Å². The van der Waals surface area contributed by atoms with Crippen molar-refractivity contribution in [2.75, 3.05) is 5.32 Å². The quantitative estimate of drug-likeness (QED) is 0.599. The molecule has 0 aliphatic heterocycles. The Kier molecular flexibility index (Phi) is 3.20. The summed E-state index contributed by atoms with van der Waals surface area (Å²) >= 11 is 1.41. The average molecular weight is 324 g/mol. The first kappa shape index (κ1) is 13.7. The maximum atomic E-state index is 12.2. The first-order chi connectivity index (χ1) is 11.2. The molecule has 7 heteroatoms. The van der Waals surface area contributed by atoms with Crippen molar-refractivity contribution < 1.29 is 9.32 Å². The van der Waals surface area contributed by atoms with Crippen LogP contribution in [0.1, 0.15) is 16.2 Å². The van der Waals surface area contributed by atoms with Crippen molar-refractivity contribution in [3.05, 3.63) is 53.2 Å². The van der Waals surface area contributed by atoms with Crippen molar-refractivity contribution in [2.24, 2.45) is 0 Å². The first-order valence-electron chi connectivity index (χ1n) is 6.97. The Morgan fingerprint density at radius 2 is 2.17 bits per heavy atom. The van der Waals surface area contributed by atoms with Crippen LogP contribution in [0, 0.1) is 6.92 Å². The summed E-state index contributed by atoms with van der Waals surface area (Å²) in [4.78, 5) is 19.9. The number of fused-ring (bicyclic) bond motifs is 1. The second-order valence-corrected chi connectivity index (χ2v) is 5.94. The number of hydrogen-bond acceptors (Lipinski definition) is 5. The van der Waals surface area contributed by atoms with Crippen LogP contribution >= 0.6 is 11.3 Å². The molecule has 0 radical (unpaired) electrons. The number of para-hydroxylation sites is 1. The van der Waals surface area contributed by atoms with Gasteiger partial charge in [0.1, 0.15) is 16.5 Å². The van der Waals surface area contributed by atoms with E-state index in [-0.39, 0.29) is 5.91 Å². The standard InChI is InChI=1S/C16H12N4O2S/c1-9-6-14(20-22-9)19-15(21)13-8-23-16(18-13)12-7-10-4-2-3-5-11(10)17-12/h2-8,17H,1H3,(H,19,20,21). The maximum Gasteiger partial charge on any atom is 0.276 e. The summed E-state index contributed by atoms with van der Waals surface area (Å²) in [6, 6.07) is 11.7. The zero-order chi connectivity index (χ0) is 15.8. The van der Waals surface area contributed by atoms with Gasteiger partial charge in [-0.2, -0.15) is 0 Å². The molecule has 0 unspecified atom stereocenters. The summed E-state index contributed by atoms with van der Waals surface area (Å²) in [6.07, 6.45) is 0. The lowest BCUT2D eigenvalue weighted by Gasteiger charge is -1.96. The zero-order valence-corrected chi connectivity index (χ0v) is 13.0. The third kappa shape index (κ3) is 2.62. The van der Waals surface area contributed by atoms with Gasteiger partial charge in [0.2, 0.25) is 0 Å². The highest BCUT2D eigenvalue weighted by Crippen LogP contribution is 2.27. The number of carbonyl (C=O) groups excluding carboxylic acids is 1. The summed E-state index contributed by atoms with van der Waals surface area (Å²) < 4.78 is 4.92. The van der Waals surface area contributed by atoms with Crippen LogP contribution < -0.4 is 5.32 Å². The van der Waals surface area contributed by atoms with E-state index in [1.54, 1.807) is 18.4 Å². The number of H-pyrrole nitrogens is 1. The highest BCUT2D eigenvalue weighted by molar-refractivity contribution is 7.13. The molecular weight excluding hydrogens is 312 g/mol. The average Bonchev–Trinajstić information content (AvgIpc) is 3.25. The van der Waals surface area contributed by atoms with Crippen LogP contribution in [0.4, 0.5) is 5.82 Å². The Bertz CT molecular complexity index is 965. The van der Waals surface area contributed by atoms with Gasteiger partial charge < -0.3 is 14.8 Å². The number of thiazole rings is 1. The molecule has 114 valence electrons. The van der Waals surface area contributed by atoms with E-state index in [4.69, 9.17) is 4.52 Å². The van der Waals surface area contributed by atoms with Gasteiger partial charge in [0.15, 0.2) is 5.82 Å². The fourth-order valence-electron chi connectivity index (χ4n) is 2.30. The van der Waals surface area contributed by atoms with Crippen LogP contribution in [0.15, 0.2) is 46.3 Å². The molecular formula is C16H12N4O2S. The largest absolute Gasteiger partial charge is 0.360 e. The van der Waals surface area contributed by atoms with Crippen molar-refractivity contribution in [1.82, 2.24) is 15.1 Å². The number of rotatable bonds is 3. The molecule has 1 amide bonds. The van der Waals surface area contributed by atoms with Crippen molar-refractivity contribution in [3.63, 3.8) is 0 Å². The Balaban J connectivity index is 1.59. The van der Waals surface area contributed by atoms with Crippen LogP contribution in [-0.4, -0.2) is 21.0 Å². The maximum absolute atomic E-state index is 12.2. The summed E-state index contributed by atoms with van der Waals surface area (Å²) in [5.41, 5.74) is 2.29. The molecule has 0 saturated heterocycles. The molecule has 0 fully saturated rings. The number of nitrogens with zero attached hydrogens (tertiary/aromatic N) is 2. The molecule has 0 spiro atoms. The van der Waals surface area contributed by atoms with Crippen LogP contribution in [0.5, 0.6) is 0 Å². The SMILES string of the molecule is Cc1cc(NC(=O)c2csc(-c3cc4ccccc4[nH]3)n2)no1. The Hall–Kier alpha value is -2.93. The van der Waals surface area contributed by atoms with E-state index in [1.165, 1.54) is 11.3 Å². The van der Waals surface area contributed by atoms with Gasteiger partial charge in [0.05, 0.1) is 5.69 Å². The number of hydrogen-bond donors (Lipinski definition) is 2. The van der Waals surface area contributed by atoms with Gasteiger partial charge in [-0.3, -0.25) is 4.79 Å². The van der Waals surface area contributed by atoms with Crippen LogP contribution in [-0.2, 0) is 0 Å². The number of amides is 1. The lowest BCUT2D eigenvalue weighted by molar-refractivity contribution is 0.102. The second kappa shape index (κ2) is 5.36. The van der Waals surface area contributed by atoms with E-state index in [9.17, 15) is 4.79 Å². The van der Waals surface area contributed by atoms with Gasteiger partial charge in [-0.15, -0.1) is 11.3 Å². The van der Waals surface area contributed by atoms with Gasteiger partial charge in [-0.25, -0.2) is 4.98 Å². The van der Waals surface area contributed by atoms with Crippen LogP contribution in [0.3, 0.4) is 0 Å². The Morgan fingerprint density at radius 3 is 2.96 bits per heavy atom. The molecule has 0 aliphatic carbocycles. The highest BCUT2D eigenvalue weighted by Gasteiger charge is 2.14. The van der Waals surface area contributed by atoms with Crippen molar-refractivity contribution >= 4 is 34.0 Å². The summed E-state index contributed by atoms with van der Waals surface area (Å²) in [5, 5.41) is 10.0. The third-order valence-electron chi connectivity index (χ3n) is 3.37. The minimum absolute atomic E-state index is 0.308. The van der Waals surface area contributed by atoms with Crippen molar-refractivity contribution in [1.29, 1.82) is 0 Å². The molecule has 0 saturated carbocycles. The smallest absolute Gasteiger partial charge is 0.276 e.